The Morgan fingerprint density at radius 2 is 1.77 bits per heavy atom. The first kappa shape index (κ1) is 23.7. The molecule has 1 saturated heterocycles. The van der Waals surface area contributed by atoms with E-state index in [1.165, 1.54) is 6.33 Å². The molecule has 11 heteroatoms. The number of sulfonamides is 1. The number of benzene rings is 1. The van der Waals surface area contributed by atoms with E-state index in [0.29, 0.717) is 41.3 Å². The van der Waals surface area contributed by atoms with E-state index in [1.54, 1.807) is 12.3 Å². The van der Waals surface area contributed by atoms with Crippen molar-refractivity contribution in [2.24, 2.45) is 0 Å². The van der Waals surface area contributed by atoms with Crippen LogP contribution in [0.3, 0.4) is 0 Å². The smallest absolute Gasteiger partial charge is 0.235 e. The monoisotopic (exact) mass is 496 g/mol. The van der Waals surface area contributed by atoms with Gasteiger partial charge in [-0.3, -0.25) is 4.72 Å². The van der Waals surface area contributed by atoms with Crippen molar-refractivity contribution < 1.29 is 8.42 Å². The second-order valence-electron chi connectivity index (χ2n) is 9.48. The van der Waals surface area contributed by atoms with Crippen LogP contribution in [0.15, 0.2) is 30.7 Å². The van der Waals surface area contributed by atoms with E-state index in [4.69, 9.17) is 4.98 Å². The van der Waals surface area contributed by atoms with Gasteiger partial charge in [0.15, 0.2) is 5.82 Å². The number of hydrogen-bond donors (Lipinski definition) is 2. The molecule has 0 spiro atoms. The minimum absolute atomic E-state index is 0.329. The number of aryl methyl sites for hydroxylation is 1. The summed E-state index contributed by atoms with van der Waals surface area (Å²) in [5.41, 5.74) is 3.53. The summed E-state index contributed by atoms with van der Waals surface area (Å²) in [6.07, 6.45) is 7.68. The summed E-state index contributed by atoms with van der Waals surface area (Å²) in [5.74, 6) is 1.22. The number of aromatic nitrogens is 4. The van der Waals surface area contributed by atoms with Gasteiger partial charge in [-0.15, -0.1) is 0 Å². The van der Waals surface area contributed by atoms with Crippen molar-refractivity contribution in [2.45, 2.75) is 44.3 Å². The SMILES string of the molecule is Cc1ccc(NS(=O)(=O)C2CCCCC2)cc1Nc1ncnc2cnc(N3CCN(C)CC3)nc12. The summed E-state index contributed by atoms with van der Waals surface area (Å²) in [4.78, 5) is 22.5. The van der Waals surface area contributed by atoms with Crippen LogP contribution < -0.4 is 14.9 Å². The van der Waals surface area contributed by atoms with Crippen molar-refractivity contribution in [3.8, 4) is 0 Å². The number of likely N-dealkylation sites (N-methyl/N-ethyl adjacent to an activating group) is 1. The van der Waals surface area contributed by atoms with Crippen molar-refractivity contribution >= 4 is 44.2 Å². The van der Waals surface area contributed by atoms with Crippen LogP contribution >= 0.6 is 0 Å². The molecule has 0 amide bonds. The third kappa shape index (κ3) is 5.30. The number of fused-ring (bicyclic) bond motifs is 1. The van der Waals surface area contributed by atoms with Gasteiger partial charge in [-0.05, 0) is 44.5 Å². The molecular formula is C24H32N8O2S. The minimum Gasteiger partial charge on any atom is -0.338 e. The average molecular weight is 497 g/mol. The lowest BCUT2D eigenvalue weighted by atomic mass is 10.0. The summed E-state index contributed by atoms with van der Waals surface area (Å²) >= 11 is 0. The summed E-state index contributed by atoms with van der Waals surface area (Å²) in [6, 6.07) is 5.51. The van der Waals surface area contributed by atoms with Crippen LogP contribution in [0.25, 0.3) is 11.0 Å². The molecule has 5 rings (SSSR count). The number of nitrogens with zero attached hydrogens (tertiary/aromatic N) is 6. The fraction of sp³-hybridized carbons (Fsp3) is 0.500. The van der Waals surface area contributed by atoms with Gasteiger partial charge in [-0.2, -0.15) is 0 Å². The topological polar surface area (TPSA) is 116 Å². The lowest BCUT2D eigenvalue weighted by molar-refractivity contribution is 0.311. The zero-order chi connectivity index (χ0) is 24.4. The molecule has 0 bridgehead atoms. The van der Waals surface area contributed by atoms with Crippen LogP contribution in [-0.4, -0.2) is 71.7 Å². The van der Waals surface area contributed by atoms with Crippen molar-refractivity contribution in [3.63, 3.8) is 0 Å². The van der Waals surface area contributed by atoms with Crippen LogP contribution in [-0.2, 0) is 10.0 Å². The second-order valence-corrected chi connectivity index (χ2v) is 11.4. The zero-order valence-electron chi connectivity index (χ0n) is 20.2. The molecular weight excluding hydrogens is 464 g/mol. The quantitative estimate of drug-likeness (QED) is 0.530. The lowest BCUT2D eigenvalue weighted by Gasteiger charge is -2.32. The van der Waals surface area contributed by atoms with Crippen molar-refractivity contribution in [1.29, 1.82) is 0 Å². The Hall–Kier alpha value is -3.05. The molecule has 2 N–H and O–H groups in total. The van der Waals surface area contributed by atoms with Crippen LogP contribution in [0.5, 0.6) is 0 Å². The summed E-state index contributed by atoms with van der Waals surface area (Å²) < 4.78 is 28.6. The van der Waals surface area contributed by atoms with Crippen LogP contribution in [0.2, 0.25) is 0 Å². The van der Waals surface area contributed by atoms with Gasteiger partial charge in [-0.25, -0.2) is 28.4 Å². The Kier molecular flexibility index (Phi) is 6.70. The molecule has 2 aliphatic rings. The zero-order valence-corrected chi connectivity index (χ0v) is 21.1. The van der Waals surface area contributed by atoms with E-state index < -0.39 is 10.0 Å². The van der Waals surface area contributed by atoms with Gasteiger partial charge < -0.3 is 15.1 Å². The first-order valence-corrected chi connectivity index (χ1v) is 13.7. The fourth-order valence-electron chi connectivity index (χ4n) is 4.67. The first-order chi connectivity index (χ1) is 16.9. The molecule has 0 unspecified atom stereocenters. The Balaban J connectivity index is 1.40. The Morgan fingerprint density at radius 3 is 2.54 bits per heavy atom. The molecule has 3 aromatic rings. The van der Waals surface area contributed by atoms with Gasteiger partial charge in [0.2, 0.25) is 16.0 Å². The maximum Gasteiger partial charge on any atom is 0.235 e. The average Bonchev–Trinajstić information content (AvgIpc) is 2.87. The van der Waals surface area contributed by atoms with E-state index in [1.807, 2.05) is 19.1 Å². The maximum absolute atomic E-state index is 12.9. The van der Waals surface area contributed by atoms with E-state index in [2.05, 4.69) is 41.8 Å². The molecule has 1 saturated carbocycles. The predicted octanol–water partition coefficient (Wildman–Crippen LogP) is 3.30. The van der Waals surface area contributed by atoms with E-state index >= 15 is 0 Å². The Morgan fingerprint density at radius 1 is 1.00 bits per heavy atom. The molecule has 3 heterocycles. The molecule has 2 aromatic heterocycles. The maximum atomic E-state index is 12.9. The largest absolute Gasteiger partial charge is 0.338 e. The number of piperazine rings is 1. The highest BCUT2D eigenvalue weighted by atomic mass is 32.2. The van der Waals surface area contributed by atoms with Crippen LogP contribution in [0.1, 0.15) is 37.7 Å². The number of nitrogens with one attached hydrogen (secondary N) is 2. The van der Waals surface area contributed by atoms with E-state index in [9.17, 15) is 8.42 Å². The predicted molar refractivity (Wildman–Crippen MR) is 139 cm³/mol. The van der Waals surface area contributed by atoms with Crippen LogP contribution in [0, 0.1) is 6.92 Å². The van der Waals surface area contributed by atoms with E-state index in [-0.39, 0.29) is 5.25 Å². The van der Waals surface area contributed by atoms with E-state index in [0.717, 1.165) is 56.7 Å². The second kappa shape index (κ2) is 9.90. The molecule has 2 fully saturated rings. The molecule has 0 atom stereocenters. The molecule has 0 radical (unpaired) electrons. The molecule has 1 aliphatic carbocycles. The van der Waals surface area contributed by atoms with Crippen molar-refractivity contribution in [1.82, 2.24) is 24.8 Å². The number of rotatable bonds is 6. The van der Waals surface area contributed by atoms with Gasteiger partial charge >= 0.3 is 0 Å². The number of hydrogen-bond acceptors (Lipinski definition) is 9. The fourth-order valence-corrected chi connectivity index (χ4v) is 6.24. The first-order valence-electron chi connectivity index (χ1n) is 12.2. The Labute approximate surface area is 206 Å². The third-order valence-corrected chi connectivity index (χ3v) is 8.76. The van der Waals surface area contributed by atoms with Crippen molar-refractivity contribution in [3.05, 3.63) is 36.3 Å². The highest BCUT2D eigenvalue weighted by Gasteiger charge is 2.27. The van der Waals surface area contributed by atoms with Gasteiger partial charge in [0, 0.05) is 31.9 Å². The lowest BCUT2D eigenvalue weighted by Crippen LogP contribution is -2.45. The molecule has 1 aromatic carbocycles. The van der Waals surface area contributed by atoms with Gasteiger partial charge in [0.25, 0.3) is 0 Å². The number of anilines is 4. The molecule has 10 nitrogen and oxygen atoms in total. The highest BCUT2D eigenvalue weighted by molar-refractivity contribution is 7.93. The summed E-state index contributed by atoms with van der Waals surface area (Å²) in [5, 5.41) is 3.03. The molecule has 1 aliphatic heterocycles. The van der Waals surface area contributed by atoms with Gasteiger partial charge in [-0.1, -0.05) is 25.3 Å². The van der Waals surface area contributed by atoms with Crippen molar-refractivity contribution in [2.75, 3.05) is 48.2 Å². The summed E-state index contributed by atoms with van der Waals surface area (Å²) in [6.45, 7) is 5.61. The standard InChI is InChI=1S/C24H32N8O2S/c1-17-8-9-18(30-35(33,34)19-6-4-3-5-7-19)14-20(17)28-23-22-21(26-16-27-23)15-25-24(29-22)32-12-10-31(2)11-13-32/h8-9,14-16,19,30H,3-7,10-13H2,1-2H3,(H,26,27,28). The normalized spacial score (nSPS) is 18.1. The van der Waals surface area contributed by atoms with Crippen LogP contribution in [0.4, 0.5) is 23.1 Å². The Bertz CT molecular complexity index is 1300. The molecule has 186 valence electrons. The molecule has 35 heavy (non-hydrogen) atoms. The third-order valence-electron chi connectivity index (χ3n) is 6.89. The van der Waals surface area contributed by atoms with Gasteiger partial charge in [0.05, 0.1) is 17.1 Å². The highest BCUT2D eigenvalue weighted by Crippen LogP contribution is 2.29. The van der Waals surface area contributed by atoms with Gasteiger partial charge in [0.1, 0.15) is 17.4 Å². The minimum atomic E-state index is -3.43. The summed E-state index contributed by atoms with van der Waals surface area (Å²) in [7, 11) is -1.32.